The Morgan fingerprint density at radius 2 is 1.74 bits per heavy atom. The summed E-state index contributed by atoms with van der Waals surface area (Å²) in [4.78, 5) is 49.6. The lowest BCUT2D eigenvalue weighted by Gasteiger charge is -2.14. The summed E-state index contributed by atoms with van der Waals surface area (Å²) < 4.78 is 15.4. The van der Waals surface area contributed by atoms with Gasteiger partial charge in [-0.25, -0.2) is 14.6 Å². The second-order valence-electron chi connectivity index (χ2n) is 6.96. The molecule has 1 N–H and O–H groups in total. The van der Waals surface area contributed by atoms with E-state index in [2.05, 4.69) is 10.2 Å². The summed E-state index contributed by atoms with van der Waals surface area (Å²) >= 11 is 1.26. The molecule has 10 heteroatoms. The first kappa shape index (κ1) is 22.7. The molecule has 1 aliphatic rings. The molecule has 0 spiro atoms. The molecule has 0 bridgehead atoms. The summed E-state index contributed by atoms with van der Waals surface area (Å²) in [6.45, 7) is 0. The first-order chi connectivity index (χ1) is 16.4. The van der Waals surface area contributed by atoms with Gasteiger partial charge in [0.05, 0.1) is 25.5 Å². The summed E-state index contributed by atoms with van der Waals surface area (Å²) in [5.74, 6) is -1.71. The van der Waals surface area contributed by atoms with Gasteiger partial charge >= 0.3 is 11.9 Å². The van der Waals surface area contributed by atoms with Crippen LogP contribution in [-0.4, -0.2) is 38.0 Å². The molecule has 1 saturated heterocycles. The van der Waals surface area contributed by atoms with E-state index in [4.69, 9.17) is 9.47 Å². The number of ether oxygens (including phenoxy) is 3. The highest BCUT2D eigenvalue weighted by Gasteiger charge is 2.34. The third kappa shape index (κ3) is 4.52. The fraction of sp³-hybridized carbons (Fsp3) is 0.0833. The Morgan fingerprint density at radius 1 is 0.971 bits per heavy atom. The Bertz CT molecular complexity index is 1300. The van der Waals surface area contributed by atoms with E-state index in [0.29, 0.717) is 21.7 Å². The van der Waals surface area contributed by atoms with Gasteiger partial charge in [-0.15, -0.1) is 11.3 Å². The van der Waals surface area contributed by atoms with Crippen LogP contribution in [0.1, 0.15) is 25.6 Å². The van der Waals surface area contributed by atoms with E-state index in [1.807, 2.05) is 0 Å². The van der Waals surface area contributed by atoms with E-state index in [0.717, 1.165) is 5.01 Å². The number of esters is 2. The van der Waals surface area contributed by atoms with Crippen LogP contribution in [0.2, 0.25) is 0 Å². The van der Waals surface area contributed by atoms with Gasteiger partial charge in [0.15, 0.2) is 11.5 Å². The minimum atomic E-state index is -0.589. The van der Waals surface area contributed by atoms with Crippen molar-refractivity contribution in [2.24, 2.45) is 0 Å². The summed E-state index contributed by atoms with van der Waals surface area (Å²) in [6, 6.07) is 14.1. The fourth-order valence-corrected chi connectivity index (χ4v) is 3.77. The van der Waals surface area contributed by atoms with Gasteiger partial charge in [0.1, 0.15) is 10.5 Å². The monoisotopic (exact) mass is 478 g/mol. The third-order valence-corrected chi connectivity index (χ3v) is 5.71. The number of carbonyl (C=O) groups is 4. The number of rotatable bonds is 6. The summed E-state index contributed by atoms with van der Waals surface area (Å²) in [5, 5.41) is 2.85. The van der Waals surface area contributed by atoms with E-state index in [1.165, 1.54) is 62.0 Å². The second kappa shape index (κ2) is 9.59. The van der Waals surface area contributed by atoms with Crippen molar-refractivity contribution >= 4 is 46.9 Å². The zero-order chi connectivity index (χ0) is 24.2. The molecule has 0 radical (unpaired) electrons. The Balaban J connectivity index is 1.55. The number of nitrogens with zero attached hydrogens (tertiary/aromatic N) is 1. The zero-order valence-corrected chi connectivity index (χ0v) is 18.9. The number of nitrogens with one attached hydrogen (secondary N) is 1. The standard InChI is InChI=1S/C24H18N2O7S/c1-31-19-13-14(5-10-18(19)33-24(30)20-4-3-11-34-20)12-17-21(27)25-26(22(17)28)16-8-6-15(7-9-16)23(29)32-2/h3-13H,1-2H3,(H,25,27)/b17-12-. The number of methoxy groups -OCH3 is 2. The van der Waals surface area contributed by atoms with Crippen molar-refractivity contribution in [3.05, 3.63) is 81.6 Å². The molecule has 1 aromatic heterocycles. The van der Waals surface area contributed by atoms with Crippen molar-refractivity contribution in [2.75, 3.05) is 19.2 Å². The smallest absolute Gasteiger partial charge is 0.353 e. The van der Waals surface area contributed by atoms with E-state index < -0.39 is 23.8 Å². The quantitative estimate of drug-likeness (QED) is 0.251. The summed E-state index contributed by atoms with van der Waals surface area (Å²) in [5.41, 5.74) is 3.58. The first-order valence-corrected chi connectivity index (χ1v) is 10.8. The van der Waals surface area contributed by atoms with Gasteiger partial charge < -0.3 is 14.2 Å². The van der Waals surface area contributed by atoms with Crippen molar-refractivity contribution in [3.63, 3.8) is 0 Å². The molecule has 0 saturated carbocycles. The molecule has 3 aromatic rings. The van der Waals surface area contributed by atoms with Crippen LogP contribution in [0.15, 0.2) is 65.6 Å². The van der Waals surface area contributed by atoms with Crippen molar-refractivity contribution in [1.82, 2.24) is 5.43 Å². The van der Waals surface area contributed by atoms with Crippen LogP contribution >= 0.6 is 11.3 Å². The predicted molar refractivity (Wildman–Crippen MR) is 124 cm³/mol. The highest BCUT2D eigenvalue weighted by molar-refractivity contribution is 7.12. The largest absolute Gasteiger partial charge is 0.493 e. The Labute approximate surface area is 198 Å². The SMILES string of the molecule is COC(=O)c1ccc(N2NC(=O)/C(=C/c3ccc(OC(=O)c4cccs4)c(OC)c3)C2=O)cc1. The van der Waals surface area contributed by atoms with Crippen LogP contribution < -0.4 is 19.9 Å². The normalized spacial score (nSPS) is 14.2. The van der Waals surface area contributed by atoms with Crippen molar-refractivity contribution < 1.29 is 33.4 Å². The van der Waals surface area contributed by atoms with Gasteiger partial charge in [0.25, 0.3) is 11.8 Å². The van der Waals surface area contributed by atoms with Crippen LogP contribution in [0.4, 0.5) is 5.69 Å². The number of anilines is 1. The van der Waals surface area contributed by atoms with Gasteiger partial charge in [-0.1, -0.05) is 12.1 Å². The Kier molecular flexibility index (Phi) is 6.42. The van der Waals surface area contributed by atoms with Crippen LogP contribution in [0.5, 0.6) is 11.5 Å². The number of thiophene rings is 1. The van der Waals surface area contributed by atoms with Crippen molar-refractivity contribution in [2.45, 2.75) is 0 Å². The molecule has 0 atom stereocenters. The Hall–Kier alpha value is -4.44. The zero-order valence-electron chi connectivity index (χ0n) is 18.1. The molecule has 1 fully saturated rings. The van der Waals surface area contributed by atoms with E-state index in [-0.39, 0.29) is 17.1 Å². The van der Waals surface area contributed by atoms with Crippen LogP contribution in [0, 0.1) is 0 Å². The van der Waals surface area contributed by atoms with Crippen LogP contribution in [0.3, 0.4) is 0 Å². The average molecular weight is 478 g/mol. The second-order valence-corrected chi connectivity index (χ2v) is 7.90. The molecule has 9 nitrogen and oxygen atoms in total. The number of carbonyl (C=O) groups excluding carboxylic acids is 4. The number of amides is 2. The molecule has 4 rings (SSSR count). The molecule has 0 aliphatic carbocycles. The lowest BCUT2D eigenvalue weighted by atomic mass is 10.1. The maximum absolute atomic E-state index is 12.9. The lowest BCUT2D eigenvalue weighted by molar-refractivity contribution is -0.117. The maximum Gasteiger partial charge on any atom is 0.353 e. The molecule has 2 heterocycles. The third-order valence-electron chi connectivity index (χ3n) is 4.86. The number of hydrazine groups is 1. The van der Waals surface area contributed by atoms with Gasteiger partial charge in [-0.3, -0.25) is 15.0 Å². The van der Waals surface area contributed by atoms with E-state index in [9.17, 15) is 19.2 Å². The van der Waals surface area contributed by atoms with Gasteiger partial charge in [-0.05, 0) is 59.5 Å². The molecule has 0 unspecified atom stereocenters. The van der Waals surface area contributed by atoms with Gasteiger partial charge in [0, 0.05) is 0 Å². The molecule has 2 amide bonds. The van der Waals surface area contributed by atoms with Crippen molar-refractivity contribution in [3.8, 4) is 11.5 Å². The summed E-state index contributed by atoms with van der Waals surface area (Å²) in [7, 11) is 2.69. The molecule has 172 valence electrons. The predicted octanol–water partition coefficient (Wildman–Crippen LogP) is 3.22. The molecular weight excluding hydrogens is 460 g/mol. The molecule has 34 heavy (non-hydrogen) atoms. The topological polar surface area (TPSA) is 111 Å². The first-order valence-electron chi connectivity index (χ1n) is 9.90. The number of hydrogen-bond acceptors (Lipinski definition) is 8. The minimum Gasteiger partial charge on any atom is -0.493 e. The minimum absolute atomic E-state index is 0.0950. The van der Waals surface area contributed by atoms with Gasteiger partial charge in [0.2, 0.25) is 0 Å². The van der Waals surface area contributed by atoms with Crippen LogP contribution in [-0.2, 0) is 14.3 Å². The van der Waals surface area contributed by atoms with E-state index >= 15 is 0 Å². The van der Waals surface area contributed by atoms with Gasteiger partial charge in [-0.2, -0.15) is 0 Å². The molecular formula is C24H18N2O7S. The summed E-state index contributed by atoms with van der Waals surface area (Å²) in [6.07, 6.45) is 1.41. The Morgan fingerprint density at radius 3 is 2.38 bits per heavy atom. The number of benzene rings is 2. The highest BCUT2D eigenvalue weighted by atomic mass is 32.1. The number of hydrogen-bond donors (Lipinski definition) is 1. The maximum atomic E-state index is 12.9. The van der Waals surface area contributed by atoms with Crippen molar-refractivity contribution in [1.29, 1.82) is 0 Å². The van der Waals surface area contributed by atoms with Crippen LogP contribution in [0.25, 0.3) is 6.08 Å². The highest BCUT2D eigenvalue weighted by Crippen LogP contribution is 2.31. The molecule has 1 aliphatic heterocycles. The van der Waals surface area contributed by atoms with E-state index in [1.54, 1.807) is 29.6 Å². The molecule has 2 aromatic carbocycles. The fourth-order valence-electron chi connectivity index (χ4n) is 3.17. The average Bonchev–Trinajstić information content (AvgIpc) is 3.49. The lowest BCUT2D eigenvalue weighted by Crippen LogP contribution is -2.35.